The number of carboxylic acids is 1. The van der Waals surface area contributed by atoms with E-state index in [-0.39, 0.29) is 39.1 Å². The standard InChI is InChI=1S/C32H49NO7/c1-27(2)14-16-32(26(35)36)17-15-30(6)20(21(32)18-27)8-9-23-29(5)12-11-24(40-25(34)19-39-33(37)38)28(3,4)22(29)10-13-31(23,30)7/h8,21-24H,9-19H2,1-7H3,(H-,35,36,37,38)/p+1/t21-,22-,23+,24-,29-,30+,31+,32-/m0/s1. The Hall–Kier alpha value is -2.12. The number of nitrogens with zero attached hydrogens (tertiary/aromatic N) is 1. The summed E-state index contributed by atoms with van der Waals surface area (Å²) in [5.41, 5.74) is 0.805. The molecule has 0 aliphatic heterocycles. The lowest BCUT2D eigenvalue weighted by molar-refractivity contribution is -0.974. The van der Waals surface area contributed by atoms with E-state index < -0.39 is 29.0 Å². The maximum Gasteiger partial charge on any atom is 0.475 e. The minimum Gasteiger partial charge on any atom is -0.481 e. The minimum atomic E-state index is -0.711. The van der Waals surface area contributed by atoms with Gasteiger partial charge in [0.1, 0.15) is 11.0 Å². The molecule has 8 atom stereocenters. The molecule has 5 rings (SSSR count). The molecular formula is C32H50NO7+. The maximum absolute atomic E-state index is 12.9. The largest absolute Gasteiger partial charge is 0.481 e. The zero-order chi connectivity index (χ0) is 29.5. The summed E-state index contributed by atoms with van der Waals surface area (Å²) in [5, 5.41) is 18.5. The molecule has 8 nitrogen and oxygen atoms in total. The Morgan fingerprint density at radius 2 is 1.62 bits per heavy atom. The lowest BCUT2D eigenvalue weighted by Gasteiger charge is -2.71. The van der Waals surface area contributed by atoms with Gasteiger partial charge in [0, 0.05) is 5.41 Å². The van der Waals surface area contributed by atoms with Gasteiger partial charge in [-0.25, -0.2) is 10.0 Å². The zero-order valence-electron chi connectivity index (χ0n) is 25.5. The van der Waals surface area contributed by atoms with Gasteiger partial charge >= 0.3 is 17.0 Å². The minimum absolute atomic E-state index is 0.0276. The first-order valence-corrected chi connectivity index (χ1v) is 15.4. The van der Waals surface area contributed by atoms with Gasteiger partial charge in [0.15, 0.2) is 0 Å². The van der Waals surface area contributed by atoms with Crippen molar-refractivity contribution < 1.29 is 34.6 Å². The monoisotopic (exact) mass is 560 g/mol. The molecule has 0 aromatic heterocycles. The quantitative estimate of drug-likeness (QED) is 0.214. The van der Waals surface area contributed by atoms with Crippen LogP contribution < -0.4 is 0 Å². The summed E-state index contributed by atoms with van der Waals surface area (Å²) in [4.78, 5) is 40.3. The van der Waals surface area contributed by atoms with Crippen LogP contribution in [0, 0.1) is 55.2 Å². The number of esters is 1. The van der Waals surface area contributed by atoms with Crippen LogP contribution in [0.2, 0.25) is 0 Å². The first-order chi connectivity index (χ1) is 18.4. The molecule has 2 N–H and O–H groups in total. The molecule has 0 amide bonds. The average Bonchev–Trinajstić information content (AvgIpc) is 2.84. The van der Waals surface area contributed by atoms with Crippen molar-refractivity contribution in [2.75, 3.05) is 6.61 Å². The molecule has 0 heterocycles. The summed E-state index contributed by atoms with van der Waals surface area (Å²) in [5.74, 6) is -0.318. The van der Waals surface area contributed by atoms with Crippen molar-refractivity contribution in [1.29, 1.82) is 0 Å². The highest BCUT2D eigenvalue weighted by molar-refractivity contribution is 5.76. The number of carbonyl (C=O) groups is 2. The van der Waals surface area contributed by atoms with E-state index in [2.05, 4.69) is 59.4 Å². The SMILES string of the molecule is CC1(C)CC[C@]2(C(=O)O)CC[C@]3(C)C(=CC[C@@H]4[C@@]5(C)CC[C@H](OC(=O)CO[N+](=O)O)C(C)(C)[C@@H]5CC[C@]43C)[C@@H]2C1. The van der Waals surface area contributed by atoms with E-state index in [9.17, 15) is 19.6 Å². The number of rotatable bonds is 5. The zero-order valence-corrected chi connectivity index (χ0v) is 25.5. The molecule has 5 aliphatic carbocycles. The molecule has 0 saturated heterocycles. The van der Waals surface area contributed by atoms with Crippen molar-refractivity contribution in [3.8, 4) is 0 Å². The van der Waals surface area contributed by atoms with Gasteiger partial charge in [-0.2, -0.15) is 4.84 Å². The van der Waals surface area contributed by atoms with Crippen molar-refractivity contribution in [1.82, 2.24) is 0 Å². The van der Waals surface area contributed by atoms with E-state index in [1.807, 2.05) is 0 Å². The van der Waals surface area contributed by atoms with Gasteiger partial charge in [0.25, 0.3) is 6.61 Å². The van der Waals surface area contributed by atoms with Crippen LogP contribution in [0.1, 0.15) is 113 Å². The predicted molar refractivity (Wildman–Crippen MR) is 148 cm³/mol. The van der Waals surface area contributed by atoms with Crippen molar-refractivity contribution in [3.05, 3.63) is 16.6 Å². The third kappa shape index (κ3) is 4.05. The van der Waals surface area contributed by atoms with Crippen LogP contribution in [-0.2, 0) is 19.2 Å². The van der Waals surface area contributed by atoms with Crippen molar-refractivity contribution in [2.45, 2.75) is 119 Å². The van der Waals surface area contributed by atoms with E-state index >= 15 is 0 Å². The van der Waals surface area contributed by atoms with Crippen LogP contribution >= 0.6 is 0 Å². The van der Waals surface area contributed by atoms with Crippen LogP contribution in [0.15, 0.2) is 11.6 Å². The second kappa shape index (κ2) is 9.19. The summed E-state index contributed by atoms with van der Waals surface area (Å²) < 4.78 is 5.82. The highest BCUT2D eigenvalue weighted by Crippen LogP contribution is 2.75. The number of hydrogen-bond acceptors (Lipinski definition) is 5. The first-order valence-electron chi connectivity index (χ1n) is 15.4. The molecule has 8 heteroatoms. The van der Waals surface area contributed by atoms with E-state index in [0.29, 0.717) is 11.8 Å². The average molecular weight is 561 g/mol. The molecule has 4 fully saturated rings. The van der Waals surface area contributed by atoms with E-state index in [1.165, 1.54) is 5.57 Å². The number of carbonyl (C=O) groups excluding carboxylic acids is 1. The fourth-order valence-electron chi connectivity index (χ4n) is 11.1. The molecule has 0 radical (unpaired) electrons. The topological polar surface area (TPSA) is 113 Å². The molecule has 0 bridgehead atoms. The number of aliphatic carboxylic acids is 1. The predicted octanol–water partition coefficient (Wildman–Crippen LogP) is 6.88. The van der Waals surface area contributed by atoms with Crippen molar-refractivity contribution in [2.24, 2.45) is 50.2 Å². The van der Waals surface area contributed by atoms with E-state index in [4.69, 9.17) is 9.94 Å². The Morgan fingerprint density at radius 3 is 2.27 bits per heavy atom. The Bertz CT molecular complexity index is 1130. The summed E-state index contributed by atoms with van der Waals surface area (Å²) in [7, 11) is 0. The summed E-state index contributed by atoms with van der Waals surface area (Å²) >= 11 is 0. The molecule has 5 aliphatic rings. The Morgan fingerprint density at radius 1 is 0.950 bits per heavy atom. The summed E-state index contributed by atoms with van der Waals surface area (Å²) in [6, 6.07) is 0. The fraction of sp³-hybridized carbons (Fsp3) is 0.875. The fourth-order valence-corrected chi connectivity index (χ4v) is 11.1. The maximum atomic E-state index is 12.9. The van der Waals surface area contributed by atoms with Crippen LogP contribution in [0.4, 0.5) is 0 Å². The molecule has 0 aromatic carbocycles. The molecule has 0 unspecified atom stereocenters. The number of ether oxygens (including phenoxy) is 1. The first kappa shape index (κ1) is 29.4. The highest BCUT2D eigenvalue weighted by atomic mass is 17.0. The Labute approximate surface area is 238 Å². The lowest BCUT2D eigenvalue weighted by atomic mass is 9.33. The number of hydrogen-bond donors (Lipinski definition) is 2. The Balaban J connectivity index is 1.46. The van der Waals surface area contributed by atoms with Crippen molar-refractivity contribution >= 4 is 11.9 Å². The molecule has 4 saturated carbocycles. The molecule has 40 heavy (non-hydrogen) atoms. The Kier molecular flexibility index (Phi) is 6.75. The number of carboxylic acid groups (broad SMARTS) is 1. The van der Waals surface area contributed by atoms with Gasteiger partial charge < -0.3 is 9.84 Å². The van der Waals surface area contributed by atoms with Crippen LogP contribution in [-0.4, -0.2) is 40.0 Å². The molecule has 224 valence electrons. The van der Waals surface area contributed by atoms with Crippen molar-refractivity contribution in [3.63, 3.8) is 0 Å². The third-order valence-electron chi connectivity index (χ3n) is 13.6. The summed E-state index contributed by atoms with van der Waals surface area (Å²) in [6.45, 7) is 15.8. The smallest absolute Gasteiger partial charge is 0.475 e. The highest BCUT2D eigenvalue weighted by Gasteiger charge is 2.69. The van der Waals surface area contributed by atoms with Crippen LogP contribution in [0.3, 0.4) is 0 Å². The summed E-state index contributed by atoms with van der Waals surface area (Å²) in [6.07, 6.45) is 11.4. The van der Waals surface area contributed by atoms with Gasteiger partial charge in [-0.15, -0.1) is 0 Å². The van der Waals surface area contributed by atoms with Gasteiger partial charge in [0.05, 0.1) is 5.41 Å². The lowest BCUT2D eigenvalue weighted by Crippen LogP contribution is -2.65. The van der Waals surface area contributed by atoms with Gasteiger partial charge in [0.2, 0.25) is 0 Å². The third-order valence-corrected chi connectivity index (χ3v) is 13.6. The normalized spacial score (nSPS) is 44.9. The van der Waals surface area contributed by atoms with Gasteiger partial charge in [-0.3, -0.25) is 4.79 Å². The molecule has 0 spiro atoms. The second-order valence-electron chi connectivity index (χ2n) is 16.0. The van der Waals surface area contributed by atoms with Gasteiger partial charge in [-0.1, -0.05) is 60.1 Å². The number of allylic oxidation sites excluding steroid dienone is 2. The van der Waals surface area contributed by atoms with Gasteiger partial charge in [-0.05, 0) is 104 Å². The van der Waals surface area contributed by atoms with Crippen LogP contribution in [0.25, 0.3) is 0 Å². The second-order valence-corrected chi connectivity index (χ2v) is 16.0. The van der Waals surface area contributed by atoms with Crippen LogP contribution in [0.5, 0.6) is 0 Å². The molecular weight excluding hydrogens is 510 g/mol. The number of fused-ring (bicyclic) bond motifs is 7. The molecule has 0 aromatic rings. The van der Waals surface area contributed by atoms with E-state index in [1.54, 1.807) is 0 Å². The van der Waals surface area contributed by atoms with E-state index in [0.717, 1.165) is 64.2 Å².